The Morgan fingerprint density at radius 2 is 2.60 bits per heavy atom. The number of terminal acetylenes is 1. The van der Waals surface area contributed by atoms with E-state index in [1.807, 2.05) is 0 Å². The van der Waals surface area contributed by atoms with Gasteiger partial charge in [-0.2, -0.15) is 4.80 Å². The molecule has 1 atom stereocenters. The molecule has 1 aliphatic rings. The third kappa shape index (κ3) is 2.22. The van der Waals surface area contributed by atoms with Crippen LogP contribution < -0.4 is 5.32 Å². The summed E-state index contributed by atoms with van der Waals surface area (Å²) in [6, 6.07) is 0.523. The van der Waals surface area contributed by atoms with E-state index in [4.69, 9.17) is 6.42 Å². The van der Waals surface area contributed by atoms with Gasteiger partial charge >= 0.3 is 0 Å². The molecular weight excluding hydrogens is 190 g/mol. The molecular formula is C10H13N5. The van der Waals surface area contributed by atoms with Crippen molar-refractivity contribution in [2.75, 3.05) is 6.54 Å². The van der Waals surface area contributed by atoms with E-state index in [2.05, 4.69) is 39.6 Å². The standard InChI is InChI=1S/C10H13N5/c1-3-6-15-13-10(12-14-15)9-5-4-8(2)11-7-9/h1,5,8,11H,4,6-7H2,2H3. The van der Waals surface area contributed by atoms with Crippen molar-refractivity contribution in [2.45, 2.75) is 25.9 Å². The number of rotatable bonds is 2. The van der Waals surface area contributed by atoms with Crippen LogP contribution in [0.15, 0.2) is 6.08 Å². The number of hydrogen-bond acceptors (Lipinski definition) is 4. The second-order valence-electron chi connectivity index (χ2n) is 3.59. The molecule has 0 aromatic carbocycles. The van der Waals surface area contributed by atoms with Gasteiger partial charge in [-0.25, -0.2) is 0 Å². The zero-order valence-electron chi connectivity index (χ0n) is 8.64. The van der Waals surface area contributed by atoms with Crippen LogP contribution in [0.1, 0.15) is 19.2 Å². The van der Waals surface area contributed by atoms with Crippen LogP contribution in [0, 0.1) is 12.3 Å². The monoisotopic (exact) mass is 203 g/mol. The van der Waals surface area contributed by atoms with Gasteiger partial charge in [0.05, 0.1) is 0 Å². The van der Waals surface area contributed by atoms with Gasteiger partial charge in [0.15, 0.2) is 0 Å². The van der Waals surface area contributed by atoms with Crippen molar-refractivity contribution in [3.05, 3.63) is 11.9 Å². The van der Waals surface area contributed by atoms with Crippen LogP contribution in [0.4, 0.5) is 0 Å². The highest BCUT2D eigenvalue weighted by molar-refractivity contribution is 5.61. The van der Waals surface area contributed by atoms with E-state index in [1.165, 1.54) is 4.80 Å². The summed E-state index contributed by atoms with van der Waals surface area (Å²) in [5.74, 6) is 3.14. The second-order valence-corrected chi connectivity index (χ2v) is 3.59. The average Bonchev–Trinajstić information content (AvgIpc) is 2.68. The number of nitrogens with one attached hydrogen (secondary N) is 1. The lowest BCUT2D eigenvalue weighted by Crippen LogP contribution is -2.30. The van der Waals surface area contributed by atoms with Crippen molar-refractivity contribution in [3.8, 4) is 12.3 Å². The highest BCUT2D eigenvalue weighted by atomic mass is 15.6. The molecule has 78 valence electrons. The molecule has 5 nitrogen and oxygen atoms in total. The molecule has 1 aromatic heterocycles. The fourth-order valence-corrected chi connectivity index (χ4v) is 1.45. The maximum Gasteiger partial charge on any atom is 0.201 e. The molecule has 1 aliphatic heterocycles. The third-order valence-corrected chi connectivity index (χ3v) is 2.33. The van der Waals surface area contributed by atoms with Gasteiger partial charge in [-0.1, -0.05) is 12.0 Å². The first-order chi connectivity index (χ1) is 7.29. The van der Waals surface area contributed by atoms with E-state index in [0.717, 1.165) is 18.5 Å². The summed E-state index contributed by atoms with van der Waals surface area (Å²) in [5, 5.41) is 15.4. The molecule has 0 amide bonds. The summed E-state index contributed by atoms with van der Waals surface area (Å²) < 4.78 is 0. The van der Waals surface area contributed by atoms with Gasteiger partial charge in [0.25, 0.3) is 0 Å². The summed E-state index contributed by atoms with van der Waals surface area (Å²) in [6.07, 6.45) is 8.31. The molecule has 2 heterocycles. The van der Waals surface area contributed by atoms with Gasteiger partial charge in [0.1, 0.15) is 6.54 Å². The first kappa shape index (κ1) is 9.87. The molecule has 0 spiro atoms. The van der Waals surface area contributed by atoms with Crippen molar-refractivity contribution in [2.24, 2.45) is 0 Å². The Labute approximate surface area is 88.6 Å². The molecule has 15 heavy (non-hydrogen) atoms. The SMILES string of the molecule is C#CCn1nnc(C2=CCC(C)NC2)n1. The van der Waals surface area contributed by atoms with Crippen LogP contribution in [-0.4, -0.2) is 32.8 Å². The molecule has 2 rings (SSSR count). The topological polar surface area (TPSA) is 55.6 Å². The van der Waals surface area contributed by atoms with Crippen molar-refractivity contribution in [1.29, 1.82) is 0 Å². The van der Waals surface area contributed by atoms with E-state index in [9.17, 15) is 0 Å². The van der Waals surface area contributed by atoms with Gasteiger partial charge < -0.3 is 5.32 Å². The second kappa shape index (κ2) is 4.24. The smallest absolute Gasteiger partial charge is 0.201 e. The van der Waals surface area contributed by atoms with Crippen LogP contribution in [0.5, 0.6) is 0 Å². The molecule has 5 heteroatoms. The molecule has 1 aromatic rings. The fourth-order valence-electron chi connectivity index (χ4n) is 1.45. The van der Waals surface area contributed by atoms with Crippen LogP contribution >= 0.6 is 0 Å². The largest absolute Gasteiger partial charge is 0.310 e. The Kier molecular flexibility index (Phi) is 2.79. The predicted octanol–water partition coefficient (Wildman–Crippen LogP) is 0.0715. The summed E-state index contributed by atoms with van der Waals surface area (Å²) in [6.45, 7) is 3.31. The Morgan fingerprint density at radius 3 is 3.27 bits per heavy atom. The molecule has 0 radical (unpaired) electrons. The third-order valence-electron chi connectivity index (χ3n) is 2.33. The Morgan fingerprint density at radius 1 is 1.73 bits per heavy atom. The normalized spacial score (nSPS) is 20.8. The number of nitrogens with zero attached hydrogens (tertiary/aromatic N) is 4. The number of tetrazole rings is 1. The van der Waals surface area contributed by atoms with Crippen molar-refractivity contribution < 1.29 is 0 Å². The van der Waals surface area contributed by atoms with Gasteiger partial charge in [-0.3, -0.25) is 0 Å². The van der Waals surface area contributed by atoms with E-state index < -0.39 is 0 Å². The summed E-state index contributed by atoms with van der Waals surface area (Å²) in [7, 11) is 0. The lowest BCUT2D eigenvalue weighted by atomic mass is 10.1. The summed E-state index contributed by atoms with van der Waals surface area (Å²) in [4.78, 5) is 1.42. The first-order valence-electron chi connectivity index (χ1n) is 4.93. The zero-order chi connectivity index (χ0) is 10.7. The average molecular weight is 203 g/mol. The van der Waals surface area contributed by atoms with Crippen LogP contribution in [0.25, 0.3) is 5.57 Å². The minimum Gasteiger partial charge on any atom is -0.310 e. The van der Waals surface area contributed by atoms with Crippen LogP contribution in [-0.2, 0) is 6.54 Å². The fraction of sp³-hybridized carbons (Fsp3) is 0.500. The molecule has 0 saturated carbocycles. The van der Waals surface area contributed by atoms with Crippen LogP contribution in [0.3, 0.4) is 0 Å². The minimum absolute atomic E-state index is 0.365. The summed E-state index contributed by atoms with van der Waals surface area (Å²) >= 11 is 0. The quantitative estimate of drug-likeness (QED) is 0.691. The van der Waals surface area contributed by atoms with Crippen LogP contribution in [0.2, 0.25) is 0 Å². The minimum atomic E-state index is 0.365. The van der Waals surface area contributed by atoms with Crippen molar-refractivity contribution in [3.63, 3.8) is 0 Å². The Balaban J connectivity index is 2.13. The molecule has 0 bridgehead atoms. The zero-order valence-corrected chi connectivity index (χ0v) is 8.64. The van der Waals surface area contributed by atoms with E-state index >= 15 is 0 Å². The Bertz CT molecular complexity index is 412. The van der Waals surface area contributed by atoms with Gasteiger partial charge in [0, 0.05) is 18.2 Å². The highest BCUT2D eigenvalue weighted by Gasteiger charge is 2.14. The number of aromatic nitrogens is 4. The maximum absolute atomic E-state index is 5.16. The maximum atomic E-state index is 5.16. The lowest BCUT2D eigenvalue weighted by molar-refractivity contribution is 0.574. The molecule has 0 saturated heterocycles. The van der Waals surface area contributed by atoms with E-state index in [1.54, 1.807) is 0 Å². The summed E-state index contributed by atoms with van der Waals surface area (Å²) in [5.41, 5.74) is 1.09. The van der Waals surface area contributed by atoms with Gasteiger partial charge in [-0.05, 0) is 18.6 Å². The Hall–Kier alpha value is -1.67. The highest BCUT2D eigenvalue weighted by Crippen LogP contribution is 2.13. The van der Waals surface area contributed by atoms with E-state index in [-0.39, 0.29) is 0 Å². The molecule has 0 aliphatic carbocycles. The molecule has 1 unspecified atom stereocenters. The first-order valence-corrected chi connectivity index (χ1v) is 4.93. The van der Waals surface area contributed by atoms with E-state index in [0.29, 0.717) is 18.4 Å². The van der Waals surface area contributed by atoms with Gasteiger partial charge in [-0.15, -0.1) is 16.6 Å². The van der Waals surface area contributed by atoms with Crippen molar-refractivity contribution >= 4 is 5.57 Å². The number of hydrogen-bond donors (Lipinski definition) is 1. The molecule has 1 N–H and O–H groups in total. The van der Waals surface area contributed by atoms with Gasteiger partial charge in [0.2, 0.25) is 5.82 Å². The lowest BCUT2D eigenvalue weighted by Gasteiger charge is -2.17. The predicted molar refractivity (Wildman–Crippen MR) is 56.7 cm³/mol. The van der Waals surface area contributed by atoms with Crippen molar-refractivity contribution in [1.82, 2.24) is 25.5 Å². The molecule has 0 fully saturated rings.